The number of carbonyl (C=O) groups is 1. The monoisotopic (exact) mass is 474 g/mol. The topological polar surface area (TPSA) is 85.6 Å². The molecule has 1 N–H and O–H groups in total. The lowest BCUT2D eigenvalue weighted by molar-refractivity contribution is 0.0986. The Labute approximate surface area is 204 Å². The van der Waals surface area contributed by atoms with Crippen LogP contribution in [0.1, 0.15) is 58.6 Å². The van der Waals surface area contributed by atoms with Crippen LogP contribution in [0.15, 0.2) is 43.0 Å². The molecule has 7 nitrogen and oxygen atoms in total. The van der Waals surface area contributed by atoms with Crippen molar-refractivity contribution < 1.29 is 4.79 Å². The normalized spacial score (nSPS) is 11.6. The van der Waals surface area contributed by atoms with Crippen molar-refractivity contribution >= 4 is 28.8 Å². The molecular formula is C26H30N6OS. The molecule has 0 saturated heterocycles. The first-order chi connectivity index (χ1) is 16.1. The SMILES string of the molecule is Cc1cc(-c2nc(Nc3cnn(C)c3)ncc2C)ccc1CCC(=O)c1cnc(C(C)(C)C)s1. The van der Waals surface area contributed by atoms with Crippen LogP contribution >= 0.6 is 11.3 Å². The van der Waals surface area contributed by atoms with Gasteiger partial charge in [0.25, 0.3) is 0 Å². The summed E-state index contributed by atoms with van der Waals surface area (Å²) in [6.07, 6.45) is 8.32. The van der Waals surface area contributed by atoms with Gasteiger partial charge in [0.15, 0.2) is 5.78 Å². The van der Waals surface area contributed by atoms with E-state index < -0.39 is 0 Å². The van der Waals surface area contributed by atoms with Gasteiger partial charge in [-0.3, -0.25) is 9.48 Å². The molecule has 4 aromatic rings. The van der Waals surface area contributed by atoms with Crippen molar-refractivity contribution in [3.8, 4) is 11.3 Å². The number of thiazole rings is 1. The van der Waals surface area contributed by atoms with Gasteiger partial charge in [-0.15, -0.1) is 11.3 Å². The second-order valence-corrected chi connectivity index (χ2v) is 10.6. The number of anilines is 2. The molecule has 34 heavy (non-hydrogen) atoms. The summed E-state index contributed by atoms with van der Waals surface area (Å²) in [4.78, 5) is 27.1. The van der Waals surface area contributed by atoms with E-state index in [0.717, 1.165) is 43.5 Å². The summed E-state index contributed by atoms with van der Waals surface area (Å²) in [5, 5.41) is 8.36. The van der Waals surface area contributed by atoms with Crippen molar-refractivity contribution in [3.05, 3.63) is 69.6 Å². The van der Waals surface area contributed by atoms with E-state index >= 15 is 0 Å². The van der Waals surface area contributed by atoms with Gasteiger partial charge in [-0.1, -0.05) is 32.9 Å². The van der Waals surface area contributed by atoms with E-state index in [2.05, 4.69) is 66.3 Å². The van der Waals surface area contributed by atoms with Crippen LogP contribution in [0.3, 0.4) is 0 Å². The first-order valence-corrected chi connectivity index (χ1v) is 12.1. The van der Waals surface area contributed by atoms with E-state index in [9.17, 15) is 4.79 Å². The third kappa shape index (κ3) is 5.39. The summed E-state index contributed by atoms with van der Waals surface area (Å²) in [6, 6.07) is 6.30. The number of rotatable bonds is 7. The Hall–Kier alpha value is -3.39. The highest BCUT2D eigenvalue weighted by Gasteiger charge is 2.20. The Kier molecular flexibility index (Phi) is 6.61. The second-order valence-electron chi connectivity index (χ2n) is 9.60. The minimum absolute atomic E-state index is 0.0396. The van der Waals surface area contributed by atoms with Crippen LogP contribution in [0.4, 0.5) is 11.6 Å². The Morgan fingerprint density at radius 1 is 1.09 bits per heavy atom. The van der Waals surface area contributed by atoms with Gasteiger partial charge >= 0.3 is 0 Å². The maximum absolute atomic E-state index is 12.7. The van der Waals surface area contributed by atoms with Crippen LogP contribution in [-0.4, -0.2) is 30.5 Å². The molecule has 0 atom stereocenters. The van der Waals surface area contributed by atoms with E-state index in [0.29, 0.717) is 18.8 Å². The van der Waals surface area contributed by atoms with Gasteiger partial charge in [-0.05, 0) is 43.0 Å². The number of aromatic nitrogens is 5. The number of nitrogens with zero attached hydrogens (tertiary/aromatic N) is 5. The number of Topliss-reactive ketones (excluding diaryl/α,β-unsaturated/α-hetero) is 1. The fourth-order valence-corrected chi connectivity index (χ4v) is 4.60. The van der Waals surface area contributed by atoms with Gasteiger partial charge in [0.1, 0.15) is 0 Å². The molecule has 0 unspecified atom stereocenters. The van der Waals surface area contributed by atoms with Gasteiger partial charge in [-0.2, -0.15) is 5.10 Å². The Bertz CT molecular complexity index is 1330. The summed E-state index contributed by atoms with van der Waals surface area (Å²) in [5.41, 5.74) is 6.01. The van der Waals surface area contributed by atoms with E-state index in [-0.39, 0.29) is 11.2 Å². The summed E-state index contributed by atoms with van der Waals surface area (Å²) < 4.78 is 1.72. The zero-order valence-electron chi connectivity index (χ0n) is 20.5. The van der Waals surface area contributed by atoms with Crippen molar-refractivity contribution in [3.63, 3.8) is 0 Å². The molecule has 0 fully saturated rings. The van der Waals surface area contributed by atoms with Gasteiger partial charge < -0.3 is 5.32 Å². The van der Waals surface area contributed by atoms with E-state index in [1.54, 1.807) is 17.1 Å². The Balaban J connectivity index is 1.47. The smallest absolute Gasteiger partial charge is 0.227 e. The van der Waals surface area contributed by atoms with E-state index in [1.807, 2.05) is 26.4 Å². The van der Waals surface area contributed by atoms with Gasteiger partial charge in [0, 0.05) is 43.0 Å². The number of hydrogen-bond donors (Lipinski definition) is 1. The molecule has 0 aliphatic rings. The molecule has 0 aliphatic carbocycles. The number of carbonyl (C=O) groups excluding carboxylic acids is 1. The average molecular weight is 475 g/mol. The molecule has 8 heteroatoms. The third-order valence-electron chi connectivity index (χ3n) is 5.59. The lowest BCUT2D eigenvalue weighted by atomic mass is 9.97. The minimum Gasteiger partial charge on any atom is -0.321 e. The Morgan fingerprint density at radius 3 is 2.53 bits per heavy atom. The number of aryl methyl sites for hydroxylation is 4. The maximum atomic E-state index is 12.7. The lowest BCUT2D eigenvalue weighted by Crippen LogP contribution is -2.09. The summed E-state index contributed by atoms with van der Waals surface area (Å²) in [5.74, 6) is 0.675. The standard InChI is InChI=1S/C26H30N6OS/c1-16-11-19(23-17(2)12-28-25(31-23)30-20-13-29-32(6)15-20)8-7-18(16)9-10-21(33)22-14-27-24(34-22)26(3,4)5/h7-8,11-15H,9-10H2,1-6H3,(H,28,30,31). The molecule has 0 saturated carbocycles. The highest BCUT2D eigenvalue weighted by molar-refractivity contribution is 7.13. The van der Waals surface area contributed by atoms with Crippen molar-refractivity contribution in [2.24, 2.45) is 7.05 Å². The first kappa shape index (κ1) is 23.8. The number of hydrogen-bond acceptors (Lipinski definition) is 7. The lowest BCUT2D eigenvalue weighted by Gasteiger charge is -2.13. The van der Waals surface area contributed by atoms with Gasteiger partial charge in [0.05, 0.1) is 27.5 Å². The third-order valence-corrected chi connectivity index (χ3v) is 7.06. The van der Waals surface area contributed by atoms with Crippen LogP contribution in [0.25, 0.3) is 11.3 Å². The van der Waals surface area contributed by atoms with Crippen molar-refractivity contribution in [2.45, 2.75) is 52.9 Å². The zero-order chi connectivity index (χ0) is 24.5. The molecule has 0 aliphatic heterocycles. The predicted octanol–water partition coefficient (Wildman–Crippen LogP) is 5.81. The van der Waals surface area contributed by atoms with E-state index in [1.165, 1.54) is 11.3 Å². The minimum atomic E-state index is -0.0396. The van der Waals surface area contributed by atoms with Crippen molar-refractivity contribution in [2.75, 3.05) is 5.32 Å². The van der Waals surface area contributed by atoms with Gasteiger partial charge in [-0.25, -0.2) is 15.0 Å². The summed E-state index contributed by atoms with van der Waals surface area (Å²) >= 11 is 1.51. The fraction of sp³-hybridized carbons (Fsp3) is 0.346. The predicted molar refractivity (Wildman–Crippen MR) is 137 cm³/mol. The van der Waals surface area contributed by atoms with Gasteiger partial charge in [0.2, 0.25) is 5.95 Å². The molecule has 3 heterocycles. The fourth-order valence-electron chi connectivity index (χ4n) is 3.65. The highest BCUT2D eigenvalue weighted by Crippen LogP contribution is 2.29. The molecule has 1 aromatic carbocycles. The molecule has 176 valence electrons. The largest absolute Gasteiger partial charge is 0.321 e. The molecular weight excluding hydrogens is 444 g/mol. The maximum Gasteiger partial charge on any atom is 0.227 e. The first-order valence-electron chi connectivity index (χ1n) is 11.3. The van der Waals surface area contributed by atoms with E-state index in [4.69, 9.17) is 4.98 Å². The van der Waals surface area contributed by atoms with Crippen LogP contribution < -0.4 is 5.32 Å². The number of ketones is 1. The molecule has 0 radical (unpaired) electrons. The van der Waals surface area contributed by atoms with Crippen molar-refractivity contribution in [1.82, 2.24) is 24.7 Å². The van der Waals surface area contributed by atoms with Crippen LogP contribution in [0.2, 0.25) is 0 Å². The molecule has 0 spiro atoms. The number of nitrogens with one attached hydrogen (secondary N) is 1. The summed E-state index contributed by atoms with van der Waals surface area (Å²) in [6.45, 7) is 10.4. The van der Waals surface area contributed by atoms with Crippen LogP contribution in [-0.2, 0) is 18.9 Å². The van der Waals surface area contributed by atoms with Crippen LogP contribution in [0.5, 0.6) is 0 Å². The highest BCUT2D eigenvalue weighted by atomic mass is 32.1. The average Bonchev–Trinajstić information content (AvgIpc) is 3.43. The molecule has 3 aromatic heterocycles. The molecule has 0 amide bonds. The quantitative estimate of drug-likeness (QED) is 0.340. The number of benzene rings is 1. The zero-order valence-corrected chi connectivity index (χ0v) is 21.3. The second kappa shape index (κ2) is 9.46. The molecule has 0 bridgehead atoms. The molecule has 4 rings (SSSR count). The van der Waals surface area contributed by atoms with Crippen molar-refractivity contribution in [1.29, 1.82) is 0 Å². The Morgan fingerprint density at radius 2 is 1.88 bits per heavy atom. The summed E-state index contributed by atoms with van der Waals surface area (Å²) in [7, 11) is 1.87. The van der Waals surface area contributed by atoms with Crippen LogP contribution in [0, 0.1) is 13.8 Å².